The Labute approximate surface area is 160 Å². The molecule has 1 atom stereocenters. The molecule has 3 rings (SSSR count). The molecule has 1 fully saturated rings. The van der Waals surface area contributed by atoms with Crippen molar-refractivity contribution in [3.8, 4) is 0 Å². The summed E-state index contributed by atoms with van der Waals surface area (Å²) < 4.78 is 25.4. The lowest BCUT2D eigenvalue weighted by molar-refractivity contribution is 0.599. The summed E-state index contributed by atoms with van der Waals surface area (Å²) in [6.07, 6.45) is 5.15. The normalized spacial score (nSPS) is 19.1. The number of sulfone groups is 1. The first kappa shape index (κ1) is 19.4. The fraction of sp³-hybridized carbons (Fsp3) is 0.474. The number of imidazole rings is 1. The van der Waals surface area contributed by atoms with Crippen LogP contribution in [0.3, 0.4) is 0 Å². The van der Waals surface area contributed by atoms with Gasteiger partial charge in [0.1, 0.15) is 5.82 Å². The zero-order chi connectivity index (χ0) is 19.1. The van der Waals surface area contributed by atoms with E-state index >= 15 is 0 Å². The van der Waals surface area contributed by atoms with Crippen molar-refractivity contribution < 1.29 is 8.42 Å². The maximum atomic E-state index is 11.6. The topological polar surface area (TPSA) is 88.4 Å². The van der Waals surface area contributed by atoms with E-state index < -0.39 is 9.84 Å². The molecule has 0 bridgehead atoms. The molecule has 8 heteroatoms. The van der Waals surface area contributed by atoms with Crippen molar-refractivity contribution >= 4 is 15.8 Å². The Morgan fingerprint density at radius 2 is 2.15 bits per heavy atom. The highest BCUT2D eigenvalue weighted by atomic mass is 32.2. The van der Waals surface area contributed by atoms with Crippen LogP contribution in [0.1, 0.15) is 24.7 Å². The molecule has 0 saturated carbocycles. The molecule has 0 amide bonds. The molecule has 7 nitrogen and oxygen atoms in total. The molecular weight excluding hydrogens is 362 g/mol. The zero-order valence-corrected chi connectivity index (χ0v) is 16.5. The minimum Gasteiger partial charge on any atom is -0.357 e. The van der Waals surface area contributed by atoms with Crippen molar-refractivity contribution in [2.24, 2.45) is 4.99 Å². The number of guanidine groups is 1. The number of aromatic nitrogens is 2. The number of nitrogens with one attached hydrogen (secondary N) is 2. The average Bonchev–Trinajstić information content (AvgIpc) is 3.22. The number of hydrogen-bond donors (Lipinski definition) is 2. The van der Waals surface area contributed by atoms with Crippen LogP contribution in [0, 0.1) is 0 Å². The molecule has 1 aromatic heterocycles. The van der Waals surface area contributed by atoms with Crippen molar-refractivity contribution in [1.82, 2.24) is 20.2 Å². The Morgan fingerprint density at radius 1 is 1.33 bits per heavy atom. The lowest BCUT2D eigenvalue weighted by Crippen LogP contribution is -2.44. The fourth-order valence-corrected chi connectivity index (χ4v) is 4.86. The molecule has 146 valence electrons. The standard InChI is InChI=1S/C19H27N5O2S/c1-2-20-19(23-17-9-13-27(25,26)15-17)22-10-8-18-21-11-12-24(18)14-16-6-4-3-5-7-16/h3-7,11-12,17H,2,8-10,13-15H2,1H3,(H2,20,22,23). The Kier molecular flexibility index (Phi) is 6.49. The second-order valence-corrected chi connectivity index (χ2v) is 8.94. The van der Waals surface area contributed by atoms with E-state index in [1.165, 1.54) is 5.56 Å². The predicted molar refractivity (Wildman–Crippen MR) is 108 cm³/mol. The molecule has 1 aliphatic rings. The molecule has 1 unspecified atom stereocenters. The van der Waals surface area contributed by atoms with E-state index in [1.807, 2.05) is 37.5 Å². The molecule has 2 N–H and O–H groups in total. The van der Waals surface area contributed by atoms with Gasteiger partial charge < -0.3 is 15.2 Å². The molecule has 1 aliphatic heterocycles. The second kappa shape index (κ2) is 9.03. The number of benzene rings is 1. The molecule has 0 aliphatic carbocycles. The van der Waals surface area contributed by atoms with Crippen LogP contribution in [0.5, 0.6) is 0 Å². The average molecular weight is 390 g/mol. The summed E-state index contributed by atoms with van der Waals surface area (Å²) in [6.45, 7) is 4.10. The summed E-state index contributed by atoms with van der Waals surface area (Å²) in [4.78, 5) is 9.05. The monoisotopic (exact) mass is 389 g/mol. The van der Waals surface area contributed by atoms with E-state index in [0.717, 1.165) is 25.3 Å². The van der Waals surface area contributed by atoms with Crippen LogP contribution in [0.4, 0.5) is 0 Å². The van der Waals surface area contributed by atoms with E-state index in [-0.39, 0.29) is 17.5 Å². The Bertz CT molecular complexity index is 861. The Balaban J connectivity index is 1.57. The minimum atomic E-state index is -2.91. The quantitative estimate of drug-likeness (QED) is 0.549. The first-order chi connectivity index (χ1) is 13.1. The summed E-state index contributed by atoms with van der Waals surface area (Å²) in [5, 5.41) is 6.43. The molecular formula is C19H27N5O2S. The molecule has 1 saturated heterocycles. The molecule has 0 spiro atoms. The van der Waals surface area contributed by atoms with Crippen LogP contribution >= 0.6 is 0 Å². The zero-order valence-electron chi connectivity index (χ0n) is 15.6. The van der Waals surface area contributed by atoms with Gasteiger partial charge in [0.05, 0.1) is 11.5 Å². The van der Waals surface area contributed by atoms with Gasteiger partial charge in [-0.05, 0) is 18.9 Å². The molecule has 27 heavy (non-hydrogen) atoms. The number of hydrogen-bond acceptors (Lipinski definition) is 4. The van der Waals surface area contributed by atoms with Crippen molar-refractivity contribution in [3.63, 3.8) is 0 Å². The highest BCUT2D eigenvalue weighted by molar-refractivity contribution is 7.91. The second-order valence-electron chi connectivity index (χ2n) is 6.71. The van der Waals surface area contributed by atoms with Gasteiger partial charge in [-0.15, -0.1) is 0 Å². The van der Waals surface area contributed by atoms with Gasteiger partial charge in [0.15, 0.2) is 15.8 Å². The first-order valence-electron chi connectivity index (χ1n) is 9.35. The van der Waals surface area contributed by atoms with Crippen molar-refractivity contribution in [2.75, 3.05) is 24.6 Å². The highest BCUT2D eigenvalue weighted by Gasteiger charge is 2.28. The van der Waals surface area contributed by atoms with E-state index in [2.05, 4.69) is 37.3 Å². The number of nitrogens with zero attached hydrogens (tertiary/aromatic N) is 3. The summed E-state index contributed by atoms with van der Waals surface area (Å²) in [5.74, 6) is 2.09. The molecule has 2 aromatic rings. The van der Waals surface area contributed by atoms with Gasteiger partial charge in [-0.1, -0.05) is 30.3 Å². The molecule has 2 heterocycles. The van der Waals surface area contributed by atoms with Gasteiger partial charge >= 0.3 is 0 Å². The number of aliphatic imine (C=N–C) groups is 1. The van der Waals surface area contributed by atoms with Gasteiger partial charge in [-0.2, -0.15) is 0 Å². The van der Waals surface area contributed by atoms with Crippen LogP contribution in [0.15, 0.2) is 47.7 Å². The van der Waals surface area contributed by atoms with E-state index in [1.54, 1.807) is 0 Å². The van der Waals surface area contributed by atoms with Crippen LogP contribution < -0.4 is 10.6 Å². The summed E-state index contributed by atoms with van der Waals surface area (Å²) in [5.41, 5.74) is 1.23. The highest BCUT2D eigenvalue weighted by Crippen LogP contribution is 2.11. The molecule has 0 radical (unpaired) electrons. The van der Waals surface area contributed by atoms with E-state index in [9.17, 15) is 8.42 Å². The maximum absolute atomic E-state index is 11.6. The van der Waals surface area contributed by atoms with Crippen LogP contribution in [-0.4, -0.2) is 54.6 Å². The fourth-order valence-electron chi connectivity index (χ4n) is 3.18. The largest absolute Gasteiger partial charge is 0.357 e. The van der Waals surface area contributed by atoms with Gasteiger partial charge in [0.2, 0.25) is 0 Å². The minimum absolute atomic E-state index is 0.0622. The van der Waals surface area contributed by atoms with E-state index in [0.29, 0.717) is 18.9 Å². The van der Waals surface area contributed by atoms with E-state index in [4.69, 9.17) is 0 Å². The van der Waals surface area contributed by atoms with Crippen molar-refractivity contribution in [1.29, 1.82) is 0 Å². The predicted octanol–water partition coefficient (Wildman–Crippen LogP) is 1.22. The van der Waals surface area contributed by atoms with Crippen molar-refractivity contribution in [2.45, 2.75) is 32.4 Å². The first-order valence-corrected chi connectivity index (χ1v) is 11.2. The summed E-state index contributed by atoms with van der Waals surface area (Å²) >= 11 is 0. The van der Waals surface area contributed by atoms with Gasteiger partial charge in [-0.3, -0.25) is 4.99 Å². The number of rotatable bonds is 7. The Hall–Kier alpha value is -2.35. The summed E-state index contributed by atoms with van der Waals surface area (Å²) in [7, 11) is -2.91. The third-order valence-electron chi connectivity index (χ3n) is 4.52. The van der Waals surface area contributed by atoms with Crippen LogP contribution in [-0.2, 0) is 22.8 Å². The third-order valence-corrected chi connectivity index (χ3v) is 6.29. The lowest BCUT2D eigenvalue weighted by Gasteiger charge is -2.15. The Morgan fingerprint density at radius 3 is 2.85 bits per heavy atom. The maximum Gasteiger partial charge on any atom is 0.191 e. The SMILES string of the molecule is CCNC(=NCCc1nccn1Cc1ccccc1)NC1CCS(=O)(=O)C1. The van der Waals surface area contributed by atoms with Gasteiger partial charge in [-0.25, -0.2) is 13.4 Å². The third kappa shape index (κ3) is 5.82. The van der Waals surface area contributed by atoms with Gasteiger partial charge in [0.25, 0.3) is 0 Å². The van der Waals surface area contributed by atoms with Crippen LogP contribution in [0.2, 0.25) is 0 Å². The smallest absolute Gasteiger partial charge is 0.191 e. The van der Waals surface area contributed by atoms with Crippen LogP contribution in [0.25, 0.3) is 0 Å². The van der Waals surface area contributed by atoms with Gasteiger partial charge in [0, 0.05) is 44.5 Å². The molecule has 1 aromatic carbocycles. The van der Waals surface area contributed by atoms with Crippen molar-refractivity contribution in [3.05, 3.63) is 54.1 Å². The lowest BCUT2D eigenvalue weighted by atomic mass is 10.2. The summed E-state index contributed by atoms with van der Waals surface area (Å²) in [6, 6.07) is 10.2.